The Morgan fingerprint density at radius 1 is 1.28 bits per heavy atom. The highest BCUT2D eigenvalue weighted by atomic mass is 32.1. The minimum absolute atomic E-state index is 0.384. The summed E-state index contributed by atoms with van der Waals surface area (Å²) < 4.78 is 5.14. The van der Waals surface area contributed by atoms with Crippen molar-refractivity contribution >= 4 is 11.3 Å². The molecular formula is C11H5N5OS. The molecule has 0 aliphatic heterocycles. The van der Waals surface area contributed by atoms with E-state index < -0.39 is 0 Å². The third-order valence-corrected chi connectivity index (χ3v) is 3.14. The number of aromatic nitrogens is 4. The minimum atomic E-state index is 0.384. The van der Waals surface area contributed by atoms with E-state index in [0.29, 0.717) is 22.3 Å². The SMILES string of the molecule is N#Cc1ccc(-c2nc(-c3ccncn3)no2)s1. The summed E-state index contributed by atoms with van der Waals surface area (Å²) in [6.45, 7) is 0. The van der Waals surface area contributed by atoms with Gasteiger partial charge >= 0.3 is 0 Å². The number of hydrogen-bond acceptors (Lipinski definition) is 7. The predicted molar refractivity (Wildman–Crippen MR) is 63.4 cm³/mol. The lowest BCUT2D eigenvalue weighted by Gasteiger charge is -1.88. The molecule has 0 radical (unpaired) electrons. The van der Waals surface area contributed by atoms with Crippen LogP contribution in [-0.2, 0) is 0 Å². The van der Waals surface area contributed by atoms with Crippen molar-refractivity contribution in [3.8, 4) is 28.4 Å². The molecule has 6 nitrogen and oxygen atoms in total. The third kappa shape index (κ3) is 1.85. The van der Waals surface area contributed by atoms with Crippen molar-refractivity contribution in [3.05, 3.63) is 35.6 Å². The van der Waals surface area contributed by atoms with Gasteiger partial charge in [-0.25, -0.2) is 9.97 Å². The van der Waals surface area contributed by atoms with Gasteiger partial charge in [0.15, 0.2) is 0 Å². The van der Waals surface area contributed by atoms with E-state index in [-0.39, 0.29) is 0 Å². The third-order valence-electron chi connectivity index (χ3n) is 2.16. The summed E-state index contributed by atoms with van der Waals surface area (Å²) in [4.78, 5) is 13.4. The predicted octanol–water partition coefficient (Wildman–Crippen LogP) is 2.13. The number of nitriles is 1. The fraction of sp³-hybridized carbons (Fsp3) is 0. The molecule has 0 saturated carbocycles. The molecule has 0 bridgehead atoms. The van der Waals surface area contributed by atoms with E-state index >= 15 is 0 Å². The Morgan fingerprint density at radius 2 is 2.22 bits per heavy atom. The maximum atomic E-state index is 8.76. The smallest absolute Gasteiger partial charge is 0.268 e. The van der Waals surface area contributed by atoms with Gasteiger partial charge in [-0.1, -0.05) is 5.16 Å². The van der Waals surface area contributed by atoms with Crippen molar-refractivity contribution in [1.82, 2.24) is 20.1 Å². The highest BCUT2D eigenvalue weighted by Crippen LogP contribution is 2.27. The summed E-state index contributed by atoms with van der Waals surface area (Å²) in [5, 5.41) is 12.6. The van der Waals surface area contributed by atoms with Gasteiger partial charge in [0.2, 0.25) is 5.82 Å². The van der Waals surface area contributed by atoms with E-state index in [1.807, 2.05) is 0 Å². The van der Waals surface area contributed by atoms with E-state index in [2.05, 4.69) is 26.2 Å². The molecule has 0 atom stereocenters. The van der Waals surface area contributed by atoms with Crippen LogP contribution >= 0.6 is 11.3 Å². The van der Waals surface area contributed by atoms with Gasteiger partial charge in [0, 0.05) is 6.20 Å². The van der Waals surface area contributed by atoms with Crippen LogP contribution in [0.1, 0.15) is 4.88 Å². The zero-order valence-corrected chi connectivity index (χ0v) is 9.76. The first-order valence-corrected chi connectivity index (χ1v) is 5.79. The monoisotopic (exact) mass is 255 g/mol. The van der Waals surface area contributed by atoms with Crippen LogP contribution in [0.3, 0.4) is 0 Å². The van der Waals surface area contributed by atoms with E-state index in [0.717, 1.165) is 4.88 Å². The molecule has 86 valence electrons. The largest absolute Gasteiger partial charge is 0.333 e. The Hall–Kier alpha value is -2.59. The van der Waals surface area contributed by atoms with Crippen LogP contribution in [0.15, 0.2) is 35.2 Å². The van der Waals surface area contributed by atoms with Gasteiger partial charge in [-0.3, -0.25) is 0 Å². The van der Waals surface area contributed by atoms with E-state index in [9.17, 15) is 0 Å². The second-order valence-electron chi connectivity index (χ2n) is 3.29. The number of nitrogens with zero attached hydrogens (tertiary/aromatic N) is 5. The fourth-order valence-electron chi connectivity index (χ4n) is 1.36. The summed E-state index contributed by atoms with van der Waals surface area (Å²) in [7, 11) is 0. The molecule has 3 aromatic heterocycles. The summed E-state index contributed by atoms with van der Waals surface area (Å²) in [6.07, 6.45) is 3.03. The van der Waals surface area contributed by atoms with Crippen LogP contribution in [0, 0.1) is 11.3 Å². The first kappa shape index (κ1) is 10.6. The Morgan fingerprint density at radius 3 is 2.94 bits per heavy atom. The molecule has 18 heavy (non-hydrogen) atoms. The first-order valence-electron chi connectivity index (χ1n) is 4.97. The lowest BCUT2D eigenvalue weighted by atomic mass is 10.4. The van der Waals surface area contributed by atoms with Crippen molar-refractivity contribution in [2.24, 2.45) is 0 Å². The summed E-state index contributed by atoms with van der Waals surface area (Å²) >= 11 is 1.30. The topological polar surface area (TPSA) is 88.5 Å². The summed E-state index contributed by atoms with van der Waals surface area (Å²) in [5.41, 5.74) is 0.595. The lowest BCUT2D eigenvalue weighted by Crippen LogP contribution is -1.85. The van der Waals surface area contributed by atoms with Crippen LogP contribution in [0.4, 0.5) is 0 Å². The number of rotatable bonds is 2. The van der Waals surface area contributed by atoms with E-state index in [4.69, 9.17) is 9.78 Å². The highest BCUT2D eigenvalue weighted by molar-refractivity contribution is 7.15. The second-order valence-corrected chi connectivity index (χ2v) is 4.38. The highest BCUT2D eigenvalue weighted by Gasteiger charge is 2.13. The van der Waals surface area contributed by atoms with Gasteiger partial charge in [0.1, 0.15) is 23.0 Å². The molecule has 3 rings (SSSR count). The number of hydrogen-bond donors (Lipinski definition) is 0. The summed E-state index contributed by atoms with van der Waals surface area (Å²) in [6, 6.07) is 7.26. The molecule has 0 saturated heterocycles. The Balaban J connectivity index is 1.97. The Kier molecular flexibility index (Phi) is 2.55. The van der Waals surface area contributed by atoms with Gasteiger partial charge in [0.25, 0.3) is 5.89 Å². The molecule has 0 unspecified atom stereocenters. The molecule has 0 spiro atoms. The minimum Gasteiger partial charge on any atom is -0.333 e. The normalized spacial score (nSPS) is 10.2. The van der Waals surface area contributed by atoms with Crippen molar-refractivity contribution in [2.45, 2.75) is 0 Å². The maximum Gasteiger partial charge on any atom is 0.268 e. The maximum absolute atomic E-state index is 8.76. The van der Waals surface area contributed by atoms with Crippen molar-refractivity contribution in [3.63, 3.8) is 0 Å². The fourth-order valence-corrected chi connectivity index (χ4v) is 2.09. The molecule has 0 aliphatic rings. The molecule has 3 heterocycles. The standard InChI is InChI=1S/C11H5N5OS/c12-5-7-1-2-9(18-7)11-15-10(16-17-11)8-3-4-13-6-14-8/h1-4,6H. The van der Waals surface area contributed by atoms with Gasteiger partial charge in [-0.15, -0.1) is 11.3 Å². The Bertz CT molecular complexity index is 712. The van der Waals surface area contributed by atoms with Crippen molar-refractivity contribution < 1.29 is 4.52 Å². The Labute approximate surface area is 106 Å². The quantitative estimate of drug-likeness (QED) is 0.696. The molecular weight excluding hydrogens is 250 g/mol. The first-order chi connectivity index (χ1) is 8.86. The lowest BCUT2D eigenvalue weighted by molar-refractivity contribution is 0.433. The van der Waals surface area contributed by atoms with Gasteiger partial charge in [0.05, 0.1) is 4.88 Å². The molecule has 0 N–H and O–H groups in total. The van der Waals surface area contributed by atoms with E-state index in [1.54, 1.807) is 24.4 Å². The van der Waals surface area contributed by atoms with E-state index in [1.165, 1.54) is 17.7 Å². The average Bonchev–Trinajstić information content (AvgIpc) is 3.08. The van der Waals surface area contributed by atoms with Crippen LogP contribution < -0.4 is 0 Å². The van der Waals surface area contributed by atoms with Crippen molar-refractivity contribution in [2.75, 3.05) is 0 Å². The van der Waals surface area contributed by atoms with Crippen LogP contribution in [0.2, 0.25) is 0 Å². The van der Waals surface area contributed by atoms with Gasteiger partial charge < -0.3 is 4.52 Å². The zero-order chi connectivity index (χ0) is 12.4. The van der Waals surface area contributed by atoms with Gasteiger partial charge in [-0.05, 0) is 18.2 Å². The second kappa shape index (κ2) is 4.35. The van der Waals surface area contributed by atoms with Crippen LogP contribution in [0.25, 0.3) is 22.3 Å². The van der Waals surface area contributed by atoms with Gasteiger partial charge in [-0.2, -0.15) is 10.2 Å². The summed E-state index contributed by atoms with van der Waals surface area (Å²) in [5.74, 6) is 0.786. The van der Waals surface area contributed by atoms with Crippen LogP contribution in [-0.4, -0.2) is 20.1 Å². The molecule has 3 aromatic rings. The molecule has 7 heteroatoms. The number of thiophene rings is 1. The molecule has 0 amide bonds. The molecule has 0 fully saturated rings. The van der Waals surface area contributed by atoms with Crippen LogP contribution in [0.5, 0.6) is 0 Å². The molecule has 0 aromatic carbocycles. The van der Waals surface area contributed by atoms with Crippen molar-refractivity contribution in [1.29, 1.82) is 5.26 Å². The average molecular weight is 255 g/mol. The molecule has 0 aliphatic carbocycles. The zero-order valence-electron chi connectivity index (χ0n) is 8.94.